The van der Waals surface area contributed by atoms with Crippen molar-refractivity contribution in [2.75, 3.05) is 6.54 Å². The van der Waals surface area contributed by atoms with Crippen molar-refractivity contribution in [1.82, 2.24) is 4.90 Å². The third-order valence-electron chi connectivity index (χ3n) is 4.49. The van der Waals surface area contributed by atoms with Crippen LogP contribution in [-0.4, -0.2) is 34.5 Å². The molecule has 1 amide bonds. The Morgan fingerprint density at radius 3 is 2.26 bits per heavy atom. The Kier molecular flexibility index (Phi) is 4.16. The average Bonchev–Trinajstić information content (AvgIpc) is 3.05. The van der Waals surface area contributed by atoms with E-state index >= 15 is 0 Å². The molecule has 0 aromatic heterocycles. The lowest BCUT2D eigenvalue weighted by molar-refractivity contribution is -0.150. The van der Waals surface area contributed by atoms with E-state index in [4.69, 9.17) is 0 Å². The Bertz CT molecular complexity index is 362. The van der Waals surface area contributed by atoms with Crippen LogP contribution < -0.4 is 0 Å². The van der Waals surface area contributed by atoms with Crippen LogP contribution >= 0.6 is 0 Å². The van der Waals surface area contributed by atoms with Gasteiger partial charge in [0.25, 0.3) is 0 Å². The van der Waals surface area contributed by atoms with Crippen LogP contribution in [0.2, 0.25) is 0 Å². The van der Waals surface area contributed by atoms with Gasteiger partial charge < -0.3 is 10.0 Å². The van der Waals surface area contributed by atoms with Gasteiger partial charge in [0.2, 0.25) is 5.91 Å². The summed E-state index contributed by atoms with van der Waals surface area (Å²) in [6, 6.07) is 0.165. The van der Waals surface area contributed by atoms with Crippen LogP contribution in [0.1, 0.15) is 46.5 Å². The highest BCUT2D eigenvalue weighted by atomic mass is 16.4. The number of carbonyl (C=O) groups is 2. The van der Waals surface area contributed by atoms with E-state index in [1.165, 1.54) is 12.8 Å². The molecule has 0 aromatic rings. The molecule has 19 heavy (non-hydrogen) atoms. The SMILES string of the molecule is CC1CC(C(=O)O)C(C(=O)N(CC2CC2)C(C)C)C1. The molecule has 4 nitrogen and oxygen atoms in total. The third-order valence-corrected chi connectivity index (χ3v) is 4.49. The van der Waals surface area contributed by atoms with Gasteiger partial charge in [-0.15, -0.1) is 0 Å². The lowest BCUT2D eigenvalue weighted by atomic mass is 9.94. The molecule has 3 atom stereocenters. The van der Waals surface area contributed by atoms with Crippen molar-refractivity contribution in [3.63, 3.8) is 0 Å². The summed E-state index contributed by atoms with van der Waals surface area (Å²) < 4.78 is 0. The number of carboxylic acid groups (broad SMARTS) is 1. The predicted molar refractivity (Wildman–Crippen MR) is 72.6 cm³/mol. The number of hydrogen-bond acceptors (Lipinski definition) is 2. The van der Waals surface area contributed by atoms with E-state index in [1.54, 1.807) is 0 Å². The zero-order chi connectivity index (χ0) is 14.2. The molecule has 0 aromatic carbocycles. The molecule has 0 heterocycles. The maximum absolute atomic E-state index is 12.7. The standard InChI is InChI=1S/C15H25NO3/c1-9(2)16(8-11-4-5-11)14(17)12-6-10(3)7-13(12)15(18)19/h9-13H,4-8H2,1-3H3,(H,18,19). The molecular formula is C15H25NO3. The minimum atomic E-state index is -0.808. The molecule has 4 heteroatoms. The number of hydrogen-bond donors (Lipinski definition) is 1. The minimum absolute atomic E-state index is 0.0682. The molecule has 3 unspecified atom stereocenters. The summed E-state index contributed by atoms with van der Waals surface area (Å²) in [6.07, 6.45) is 3.78. The highest BCUT2D eigenvalue weighted by molar-refractivity contribution is 5.85. The van der Waals surface area contributed by atoms with Crippen molar-refractivity contribution in [1.29, 1.82) is 0 Å². The smallest absolute Gasteiger partial charge is 0.307 e. The summed E-state index contributed by atoms with van der Waals surface area (Å²) in [6.45, 7) is 6.90. The second kappa shape index (κ2) is 5.51. The van der Waals surface area contributed by atoms with Crippen molar-refractivity contribution < 1.29 is 14.7 Å². The summed E-state index contributed by atoms with van der Waals surface area (Å²) in [4.78, 5) is 25.9. The maximum atomic E-state index is 12.7. The molecule has 2 saturated carbocycles. The van der Waals surface area contributed by atoms with Crippen molar-refractivity contribution in [3.8, 4) is 0 Å². The van der Waals surface area contributed by atoms with Crippen molar-refractivity contribution in [2.45, 2.75) is 52.5 Å². The van der Waals surface area contributed by atoms with Crippen LogP contribution in [0.5, 0.6) is 0 Å². The van der Waals surface area contributed by atoms with Gasteiger partial charge in [-0.25, -0.2) is 0 Å². The molecule has 0 spiro atoms. The summed E-state index contributed by atoms with van der Waals surface area (Å²) in [5, 5.41) is 9.29. The van der Waals surface area contributed by atoms with E-state index in [-0.39, 0.29) is 17.9 Å². The molecule has 108 valence electrons. The zero-order valence-corrected chi connectivity index (χ0v) is 12.1. The van der Waals surface area contributed by atoms with E-state index in [2.05, 4.69) is 0 Å². The van der Waals surface area contributed by atoms with E-state index in [1.807, 2.05) is 25.7 Å². The molecule has 2 aliphatic carbocycles. The van der Waals surface area contributed by atoms with Crippen molar-refractivity contribution in [2.24, 2.45) is 23.7 Å². The highest BCUT2D eigenvalue weighted by Crippen LogP contribution is 2.39. The lowest BCUT2D eigenvalue weighted by Gasteiger charge is -2.30. The van der Waals surface area contributed by atoms with Gasteiger partial charge in [-0.3, -0.25) is 9.59 Å². The van der Waals surface area contributed by atoms with Crippen LogP contribution in [0.4, 0.5) is 0 Å². The first-order valence-corrected chi connectivity index (χ1v) is 7.43. The van der Waals surface area contributed by atoms with Gasteiger partial charge in [0.1, 0.15) is 0 Å². The number of carbonyl (C=O) groups excluding carboxylic acids is 1. The van der Waals surface area contributed by atoms with Gasteiger partial charge in [0.15, 0.2) is 0 Å². The van der Waals surface area contributed by atoms with Crippen molar-refractivity contribution in [3.05, 3.63) is 0 Å². The third kappa shape index (κ3) is 3.28. The number of rotatable bonds is 5. The number of amides is 1. The van der Waals surface area contributed by atoms with Crippen LogP contribution in [0.25, 0.3) is 0 Å². The summed E-state index contributed by atoms with van der Waals surface area (Å²) >= 11 is 0. The fourth-order valence-electron chi connectivity index (χ4n) is 3.18. The quantitative estimate of drug-likeness (QED) is 0.832. The van der Waals surface area contributed by atoms with Gasteiger partial charge in [-0.1, -0.05) is 6.92 Å². The molecule has 0 radical (unpaired) electrons. The maximum Gasteiger partial charge on any atom is 0.307 e. The van der Waals surface area contributed by atoms with Crippen LogP contribution in [-0.2, 0) is 9.59 Å². The topological polar surface area (TPSA) is 57.6 Å². The normalized spacial score (nSPS) is 30.6. The molecular weight excluding hydrogens is 242 g/mol. The fraction of sp³-hybridized carbons (Fsp3) is 0.867. The number of nitrogens with zero attached hydrogens (tertiary/aromatic N) is 1. The second-order valence-electron chi connectivity index (χ2n) is 6.66. The Hall–Kier alpha value is -1.06. The molecule has 2 fully saturated rings. The monoisotopic (exact) mass is 267 g/mol. The van der Waals surface area contributed by atoms with E-state index in [0.717, 1.165) is 13.0 Å². The van der Waals surface area contributed by atoms with Gasteiger partial charge in [-0.2, -0.15) is 0 Å². The predicted octanol–water partition coefficient (Wildman–Crippen LogP) is 2.38. The number of carboxylic acids is 1. The van der Waals surface area contributed by atoms with E-state index < -0.39 is 11.9 Å². The summed E-state index contributed by atoms with van der Waals surface area (Å²) in [5.41, 5.74) is 0. The Morgan fingerprint density at radius 2 is 1.79 bits per heavy atom. The fourth-order valence-corrected chi connectivity index (χ4v) is 3.18. The van der Waals surface area contributed by atoms with Crippen LogP contribution in [0, 0.1) is 23.7 Å². The van der Waals surface area contributed by atoms with Gasteiger partial charge >= 0.3 is 5.97 Å². The first-order chi connectivity index (χ1) is 8.90. The number of aliphatic carboxylic acids is 1. The molecule has 2 rings (SSSR count). The van der Waals surface area contributed by atoms with E-state index in [9.17, 15) is 14.7 Å². The van der Waals surface area contributed by atoms with Crippen molar-refractivity contribution >= 4 is 11.9 Å². The van der Waals surface area contributed by atoms with Crippen LogP contribution in [0.15, 0.2) is 0 Å². The van der Waals surface area contributed by atoms with Gasteiger partial charge in [0, 0.05) is 12.6 Å². The molecule has 1 N–H and O–H groups in total. The molecule has 0 aliphatic heterocycles. The first-order valence-electron chi connectivity index (χ1n) is 7.43. The highest BCUT2D eigenvalue weighted by Gasteiger charge is 2.43. The lowest BCUT2D eigenvalue weighted by Crippen LogP contribution is -2.44. The second-order valence-corrected chi connectivity index (χ2v) is 6.66. The van der Waals surface area contributed by atoms with Gasteiger partial charge in [0.05, 0.1) is 11.8 Å². The zero-order valence-electron chi connectivity index (χ0n) is 12.1. The minimum Gasteiger partial charge on any atom is -0.481 e. The average molecular weight is 267 g/mol. The summed E-state index contributed by atoms with van der Waals surface area (Å²) in [5.74, 6) is -0.550. The molecule has 2 aliphatic rings. The Morgan fingerprint density at radius 1 is 1.21 bits per heavy atom. The van der Waals surface area contributed by atoms with Gasteiger partial charge in [-0.05, 0) is 51.4 Å². The first kappa shape index (κ1) is 14.4. The Balaban J connectivity index is 2.08. The molecule has 0 saturated heterocycles. The van der Waals surface area contributed by atoms with E-state index in [0.29, 0.717) is 18.3 Å². The largest absolute Gasteiger partial charge is 0.481 e. The van der Waals surface area contributed by atoms with Crippen LogP contribution in [0.3, 0.4) is 0 Å². The molecule has 0 bridgehead atoms. The summed E-state index contributed by atoms with van der Waals surface area (Å²) in [7, 11) is 0. The Labute approximate surface area is 115 Å².